The second kappa shape index (κ2) is 3.44. The van der Waals surface area contributed by atoms with Crippen molar-refractivity contribution in [2.24, 2.45) is 5.92 Å². The summed E-state index contributed by atoms with van der Waals surface area (Å²) in [7, 11) is 0. The van der Waals surface area contributed by atoms with Crippen LogP contribution >= 0.6 is 23.6 Å². The third kappa shape index (κ3) is 1.56. The monoisotopic (exact) mass is 206 g/mol. The van der Waals surface area contributed by atoms with E-state index in [0.29, 0.717) is 12.6 Å². The summed E-state index contributed by atoms with van der Waals surface area (Å²) < 4.78 is 3.49. The van der Waals surface area contributed by atoms with Crippen molar-refractivity contribution in [2.75, 3.05) is 13.2 Å². The Balaban J connectivity index is 2.14. The van der Waals surface area contributed by atoms with Crippen molar-refractivity contribution < 1.29 is 0 Å². The van der Waals surface area contributed by atoms with Crippen LogP contribution in [0.2, 0.25) is 0 Å². The summed E-state index contributed by atoms with van der Waals surface area (Å²) in [5.74, 6) is 0.558. The molecule has 1 heterocycles. The lowest BCUT2D eigenvalue weighted by molar-refractivity contribution is 0.218. The van der Waals surface area contributed by atoms with Crippen molar-refractivity contribution in [3.8, 4) is 0 Å². The second-order valence-corrected chi connectivity index (χ2v) is 4.29. The van der Waals surface area contributed by atoms with Crippen molar-refractivity contribution in [1.82, 2.24) is 8.84 Å². The molecule has 4 heteroatoms. The highest BCUT2D eigenvalue weighted by atomic mass is 35.5. The van der Waals surface area contributed by atoms with E-state index in [-0.39, 0.29) is 0 Å². The van der Waals surface area contributed by atoms with Gasteiger partial charge < -0.3 is 0 Å². The molecule has 1 saturated heterocycles. The highest BCUT2D eigenvalue weighted by molar-refractivity contribution is 6.16. The number of fused-ring (bicyclic) bond motifs is 1. The van der Waals surface area contributed by atoms with E-state index in [1.165, 1.54) is 18.5 Å². The highest BCUT2D eigenvalue weighted by Crippen LogP contribution is 2.33. The van der Waals surface area contributed by atoms with Gasteiger partial charge in [-0.15, -0.1) is 0 Å². The number of halogens is 2. The van der Waals surface area contributed by atoms with E-state index in [1.807, 2.05) is 0 Å². The van der Waals surface area contributed by atoms with Crippen LogP contribution in [0, 0.1) is 5.92 Å². The van der Waals surface area contributed by atoms with Crippen molar-refractivity contribution in [2.45, 2.75) is 19.3 Å². The Labute approximate surface area is 82.9 Å². The number of hydrogen-bond donors (Lipinski definition) is 0. The minimum Gasteiger partial charge on any atom is -0.274 e. The van der Waals surface area contributed by atoms with Gasteiger partial charge in [-0.1, -0.05) is 6.08 Å². The summed E-state index contributed by atoms with van der Waals surface area (Å²) in [6, 6.07) is 0. The molecule has 68 valence electrons. The summed E-state index contributed by atoms with van der Waals surface area (Å²) >= 11 is 11.9. The maximum absolute atomic E-state index is 6.02. The van der Waals surface area contributed by atoms with Gasteiger partial charge in [-0.05, 0) is 31.0 Å². The zero-order chi connectivity index (χ0) is 8.55. The molecule has 0 spiro atoms. The zero-order valence-electron chi connectivity index (χ0n) is 6.84. The van der Waals surface area contributed by atoms with E-state index in [9.17, 15) is 0 Å². The van der Waals surface area contributed by atoms with Crippen molar-refractivity contribution in [3.63, 3.8) is 0 Å². The van der Waals surface area contributed by atoms with Crippen LogP contribution in [0.5, 0.6) is 0 Å². The van der Waals surface area contributed by atoms with Gasteiger partial charge in [0.05, 0.1) is 0 Å². The molecule has 0 saturated carbocycles. The molecule has 0 aromatic carbocycles. The average molecular weight is 207 g/mol. The van der Waals surface area contributed by atoms with Gasteiger partial charge in [0.25, 0.3) is 0 Å². The molecule has 0 amide bonds. The molecule has 1 aliphatic heterocycles. The van der Waals surface area contributed by atoms with Gasteiger partial charge in [-0.25, -0.2) is 0 Å². The topological polar surface area (TPSA) is 6.48 Å². The predicted molar refractivity (Wildman–Crippen MR) is 50.5 cm³/mol. The average Bonchev–Trinajstić information content (AvgIpc) is 2.04. The molecule has 2 nitrogen and oxygen atoms in total. The number of allylic oxidation sites excluding steroid dienone is 1. The van der Waals surface area contributed by atoms with Gasteiger partial charge in [-0.2, -0.15) is 4.42 Å². The fourth-order valence-electron chi connectivity index (χ4n) is 1.92. The SMILES string of the molecule is ClN1CC2CCCC=C2N(Cl)C1. The minimum absolute atomic E-state index is 0.558. The Morgan fingerprint density at radius 1 is 1.42 bits per heavy atom. The van der Waals surface area contributed by atoms with Crippen LogP contribution < -0.4 is 0 Å². The molecule has 1 unspecified atom stereocenters. The van der Waals surface area contributed by atoms with E-state index in [0.717, 1.165) is 13.0 Å². The number of hydrogen-bond acceptors (Lipinski definition) is 2. The molecule has 0 aromatic rings. The van der Waals surface area contributed by atoms with Gasteiger partial charge >= 0.3 is 0 Å². The smallest absolute Gasteiger partial charge is 0.100 e. The summed E-state index contributed by atoms with van der Waals surface area (Å²) in [6.45, 7) is 1.57. The first kappa shape index (κ1) is 8.67. The van der Waals surface area contributed by atoms with Crippen LogP contribution in [0.1, 0.15) is 19.3 Å². The van der Waals surface area contributed by atoms with Crippen LogP contribution in [-0.4, -0.2) is 22.1 Å². The van der Waals surface area contributed by atoms with Crippen molar-refractivity contribution in [3.05, 3.63) is 11.8 Å². The van der Waals surface area contributed by atoms with Gasteiger partial charge in [0.2, 0.25) is 0 Å². The lowest BCUT2D eigenvalue weighted by Crippen LogP contribution is -2.40. The molecular weight excluding hydrogens is 195 g/mol. The van der Waals surface area contributed by atoms with Crippen LogP contribution in [0.4, 0.5) is 0 Å². The van der Waals surface area contributed by atoms with Gasteiger partial charge in [0, 0.05) is 29.9 Å². The first-order chi connectivity index (χ1) is 5.77. The Hall–Kier alpha value is 0.0800. The molecule has 1 atom stereocenters. The maximum Gasteiger partial charge on any atom is 0.100 e. The molecule has 2 aliphatic rings. The fourth-order valence-corrected chi connectivity index (χ4v) is 2.59. The Bertz CT molecular complexity index is 205. The van der Waals surface area contributed by atoms with Crippen molar-refractivity contribution >= 4 is 23.6 Å². The summed E-state index contributed by atoms with van der Waals surface area (Å²) in [6.07, 6.45) is 5.89. The van der Waals surface area contributed by atoms with E-state index in [1.54, 1.807) is 8.84 Å². The second-order valence-electron chi connectivity index (χ2n) is 3.41. The molecule has 0 N–H and O–H groups in total. The predicted octanol–water partition coefficient (Wildman–Crippen LogP) is 2.55. The van der Waals surface area contributed by atoms with Crippen LogP contribution in [-0.2, 0) is 0 Å². The van der Waals surface area contributed by atoms with Gasteiger partial charge in [0.15, 0.2) is 0 Å². The first-order valence-corrected chi connectivity index (χ1v) is 4.99. The van der Waals surface area contributed by atoms with E-state index in [4.69, 9.17) is 23.6 Å². The third-order valence-electron chi connectivity index (χ3n) is 2.50. The van der Waals surface area contributed by atoms with Crippen LogP contribution in [0.3, 0.4) is 0 Å². The summed E-state index contributed by atoms with van der Waals surface area (Å²) in [4.78, 5) is 0. The number of rotatable bonds is 0. The van der Waals surface area contributed by atoms with Gasteiger partial charge in [-0.3, -0.25) is 4.42 Å². The standard InChI is InChI=1S/C8H12Cl2N2/c9-11-5-7-3-1-2-4-8(7)12(10)6-11/h4,7H,1-3,5-6H2. The van der Waals surface area contributed by atoms with E-state index < -0.39 is 0 Å². The normalized spacial score (nSPS) is 31.3. The highest BCUT2D eigenvalue weighted by Gasteiger charge is 2.29. The van der Waals surface area contributed by atoms with E-state index >= 15 is 0 Å². The maximum atomic E-state index is 6.02. The van der Waals surface area contributed by atoms with E-state index in [2.05, 4.69) is 6.08 Å². The molecule has 12 heavy (non-hydrogen) atoms. The van der Waals surface area contributed by atoms with Gasteiger partial charge in [0.1, 0.15) is 6.67 Å². The Morgan fingerprint density at radius 2 is 2.25 bits per heavy atom. The summed E-state index contributed by atoms with van der Waals surface area (Å²) in [5, 5.41) is 0. The molecule has 0 aromatic heterocycles. The molecular formula is C8H12Cl2N2. The Kier molecular flexibility index (Phi) is 2.49. The van der Waals surface area contributed by atoms with Crippen molar-refractivity contribution in [1.29, 1.82) is 0 Å². The minimum atomic E-state index is 0.558. The molecule has 0 radical (unpaired) electrons. The lowest BCUT2D eigenvalue weighted by Gasteiger charge is -2.38. The quantitative estimate of drug-likeness (QED) is 0.563. The Morgan fingerprint density at radius 3 is 3.08 bits per heavy atom. The van der Waals surface area contributed by atoms with Crippen LogP contribution in [0.25, 0.3) is 0 Å². The number of nitrogens with zero attached hydrogens (tertiary/aromatic N) is 2. The third-order valence-corrected chi connectivity index (χ3v) is 3.05. The zero-order valence-corrected chi connectivity index (χ0v) is 8.35. The molecule has 0 bridgehead atoms. The van der Waals surface area contributed by atoms with Crippen LogP contribution in [0.15, 0.2) is 11.8 Å². The molecule has 1 aliphatic carbocycles. The molecule has 1 fully saturated rings. The largest absolute Gasteiger partial charge is 0.274 e. The molecule has 2 rings (SSSR count). The summed E-state index contributed by atoms with van der Waals surface area (Å²) in [5.41, 5.74) is 1.28. The lowest BCUT2D eigenvalue weighted by atomic mass is 9.91. The fraction of sp³-hybridized carbons (Fsp3) is 0.750. The first-order valence-electron chi connectivity index (χ1n) is 4.31.